The molecule has 410 valence electrons. The van der Waals surface area contributed by atoms with Gasteiger partial charge in [-0.25, -0.2) is 0 Å². The molecule has 0 radical (unpaired) electrons. The third-order valence-electron chi connectivity index (χ3n) is 12.6. The van der Waals surface area contributed by atoms with Crippen molar-refractivity contribution < 1.29 is 43.1 Å². The Morgan fingerprint density at radius 2 is 0.544 bits per heavy atom. The molecule has 7 rings (SSSR count). The standard InChI is InChI=1S/2C20H18O4.C16H20N2O.C10H16N2/c1-11(21)17-7-5-15(9-19(17)13(3)23)16-6-8-18(12(2)22)20(10-16)14(4)24;1-11(21)16-9-8-15(10-19(16)13(3)23)18-7-5-6-17(12(2)22)20(18)14(4)24;1-17(2)13-5-9-15(10-6-13)19-16-11-7-14(8-12-16)18(3)4;1-11(2)9-5-7-10(8-6-9)12(3)4/h2*5-10H,1-4H3;5-12H,1-4H3;5-8H,1-4H3. The molecule has 13 nitrogen and oxygen atoms in total. The van der Waals surface area contributed by atoms with E-state index in [4.69, 9.17) is 4.74 Å². The Bertz CT molecular complexity index is 3210. The molecule has 0 aliphatic carbocycles. The zero-order valence-electron chi connectivity index (χ0n) is 48.3. The number of anilines is 4. The molecule has 13 heteroatoms. The third-order valence-corrected chi connectivity index (χ3v) is 12.6. The first-order valence-corrected chi connectivity index (χ1v) is 25.4. The number of Topliss-reactive ketones (excluding diaryl/α,β-unsaturated/α-hetero) is 8. The van der Waals surface area contributed by atoms with Crippen molar-refractivity contribution >= 4 is 69.0 Å². The molecule has 0 unspecified atom stereocenters. The van der Waals surface area contributed by atoms with Crippen molar-refractivity contribution in [2.75, 3.05) is 76.0 Å². The minimum absolute atomic E-state index is 0.178. The van der Waals surface area contributed by atoms with Gasteiger partial charge in [-0.1, -0.05) is 54.6 Å². The van der Waals surface area contributed by atoms with Crippen LogP contribution in [0.15, 0.2) is 146 Å². The lowest BCUT2D eigenvalue weighted by Crippen LogP contribution is -2.10. The van der Waals surface area contributed by atoms with Crippen molar-refractivity contribution in [3.8, 4) is 33.8 Å². The van der Waals surface area contributed by atoms with Crippen LogP contribution in [0.2, 0.25) is 0 Å². The summed E-state index contributed by atoms with van der Waals surface area (Å²) in [6, 6.07) is 44.5. The van der Waals surface area contributed by atoms with Gasteiger partial charge in [0.25, 0.3) is 0 Å². The minimum atomic E-state index is -0.228. The van der Waals surface area contributed by atoms with Crippen LogP contribution in [0.25, 0.3) is 22.3 Å². The monoisotopic (exact) mass is 1060 g/mol. The number of nitrogens with zero attached hydrogens (tertiary/aromatic N) is 4. The number of ether oxygens (including phenoxy) is 1. The highest BCUT2D eigenvalue weighted by atomic mass is 16.5. The highest BCUT2D eigenvalue weighted by molar-refractivity contribution is 6.13. The van der Waals surface area contributed by atoms with Crippen LogP contribution in [-0.2, 0) is 0 Å². The number of benzene rings is 7. The number of ketones is 8. The normalized spacial score (nSPS) is 10.2. The van der Waals surface area contributed by atoms with Crippen molar-refractivity contribution in [1.29, 1.82) is 0 Å². The van der Waals surface area contributed by atoms with Gasteiger partial charge in [-0.15, -0.1) is 0 Å². The lowest BCUT2D eigenvalue weighted by Gasteiger charge is -2.16. The fourth-order valence-electron chi connectivity index (χ4n) is 8.23. The predicted octanol–water partition coefficient (Wildman–Crippen LogP) is 13.8. The summed E-state index contributed by atoms with van der Waals surface area (Å²) in [4.78, 5) is 103. The van der Waals surface area contributed by atoms with E-state index in [2.05, 4.69) is 43.9 Å². The quantitative estimate of drug-likeness (QED) is 0.0842. The van der Waals surface area contributed by atoms with E-state index in [0.717, 1.165) is 22.9 Å². The summed E-state index contributed by atoms with van der Waals surface area (Å²) in [5.41, 5.74) is 10.2. The molecule has 79 heavy (non-hydrogen) atoms. The smallest absolute Gasteiger partial charge is 0.161 e. The molecule has 0 saturated carbocycles. The van der Waals surface area contributed by atoms with Crippen molar-refractivity contribution in [3.05, 3.63) is 190 Å². The highest BCUT2D eigenvalue weighted by Gasteiger charge is 2.20. The number of hydrogen-bond acceptors (Lipinski definition) is 13. The van der Waals surface area contributed by atoms with Crippen LogP contribution in [0.4, 0.5) is 22.7 Å². The predicted molar refractivity (Wildman–Crippen MR) is 321 cm³/mol. The second-order valence-electron chi connectivity index (χ2n) is 19.6. The van der Waals surface area contributed by atoms with Crippen LogP contribution >= 0.6 is 0 Å². The summed E-state index contributed by atoms with van der Waals surface area (Å²) >= 11 is 0. The Morgan fingerprint density at radius 1 is 0.278 bits per heavy atom. The zero-order valence-corrected chi connectivity index (χ0v) is 48.3. The largest absolute Gasteiger partial charge is 0.457 e. The fourth-order valence-corrected chi connectivity index (χ4v) is 8.23. The average Bonchev–Trinajstić information content (AvgIpc) is 3.43. The van der Waals surface area contributed by atoms with E-state index in [1.165, 1.54) is 66.8 Å². The Hall–Kier alpha value is -9.10. The van der Waals surface area contributed by atoms with Gasteiger partial charge in [0.2, 0.25) is 0 Å². The molecule has 0 spiro atoms. The Balaban J connectivity index is 0.000000233. The first-order chi connectivity index (χ1) is 37.1. The third kappa shape index (κ3) is 17.2. The molecule has 0 aliphatic heterocycles. The molecule has 7 aromatic carbocycles. The maximum Gasteiger partial charge on any atom is 0.161 e. The van der Waals surface area contributed by atoms with Gasteiger partial charge < -0.3 is 24.3 Å². The van der Waals surface area contributed by atoms with Crippen LogP contribution in [0.3, 0.4) is 0 Å². The SMILES string of the molecule is CC(=O)c1ccc(-c2ccc(C(C)=O)c(C(C)=O)c2)cc1C(C)=O.CC(=O)c1ccc(-c2cccc(C(C)=O)c2C(C)=O)cc1C(C)=O.CN(C)c1ccc(N(C)C)cc1.CN(C)c1ccc(Oc2ccc(N(C)C)cc2)cc1. The maximum atomic E-state index is 12.1. The molecule has 0 N–H and O–H groups in total. The molecule has 0 fully saturated rings. The summed E-state index contributed by atoms with van der Waals surface area (Å²) in [7, 11) is 16.3. The number of rotatable bonds is 16. The molecular formula is C66H72N4O9. The summed E-state index contributed by atoms with van der Waals surface area (Å²) in [5.74, 6) is 0.0937. The lowest BCUT2D eigenvalue weighted by molar-refractivity contribution is 0.0980. The number of carbonyl (C=O) groups is 8. The number of hydrogen-bond donors (Lipinski definition) is 0. The van der Waals surface area contributed by atoms with Crippen molar-refractivity contribution in [3.63, 3.8) is 0 Å². The van der Waals surface area contributed by atoms with Crippen molar-refractivity contribution in [1.82, 2.24) is 0 Å². The van der Waals surface area contributed by atoms with Gasteiger partial charge in [0.1, 0.15) is 11.5 Å². The minimum Gasteiger partial charge on any atom is -0.457 e. The molecule has 0 bridgehead atoms. The van der Waals surface area contributed by atoms with Gasteiger partial charge >= 0.3 is 0 Å². The van der Waals surface area contributed by atoms with E-state index in [1.807, 2.05) is 105 Å². The Kier molecular flexibility index (Phi) is 22.4. The topological polar surface area (TPSA) is 159 Å². The second kappa shape index (κ2) is 28.3. The summed E-state index contributed by atoms with van der Waals surface area (Å²) in [6.07, 6.45) is 0. The van der Waals surface area contributed by atoms with Crippen LogP contribution in [0, 0.1) is 0 Å². The molecule has 0 saturated heterocycles. The summed E-state index contributed by atoms with van der Waals surface area (Å²) < 4.78 is 5.81. The molecule has 0 amide bonds. The van der Waals surface area contributed by atoms with E-state index in [9.17, 15) is 38.4 Å². The van der Waals surface area contributed by atoms with E-state index in [-0.39, 0.29) is 46.3 Å². The van der Waals surface area contributed by atoms with Crippen LogP contribution in [0.1, 0.15) is 138 Å². The molecule has 0 heterocycles. The lowest BCUT2D eigenvalue weighted by atomic mass is 9.89. The van der Waals surface area contributed by atoms with Crippen LogP contribution in [0.5, 0.6) is 11.5 Å². The molecule has 0 aliphatic rings. The van der Waals surface area contributed by atoms with Crippen LogP contribution < -0.4 is 24.3 Å². The molecule has 7 aromatic rings. The van der Waals surface area contributed by atoms with Gasteiger partial charge in [0.15, 0.2) is 46.3 Å². The van der Waals surface area contributed by atoms with E-state index < -0.39 is 0 Å². The first-order valence-electron chi connectivity index (χ1n) is 25.4. The van der Waals surface area contributed by atoms with Crippen LogP contribution in [-0.4, -0.2) is 103 Å². The second-order valence-corrected chi connectivity index (χ2v) is 19.6. The van der Waals surface area contributed by atoms with E-state index >= 15 is 0 Å². The van der Waals surface area contributed by atoms with E-state index in [0.29, 0.717) is 66.8 Å². The van der Waals surface area contributed by atoms with Gasteiger partial charge in [-0.05, 0) is 169 Å². The van der Waals surface area contributed by atoms with Gasteiger partial charge in [0.05, 0.1) is 0 Å². The van der Waals surface area contributed by atoms with E-state index in [1.54, 1.807) is 72.8 Å². The van der Waals surface area contributed by atoms with Gasteiger partial charge in [0, 0.05) is 124 Å². The Morgan fingerprint density at radius 3 is 0.810 bits per heavy atom. The maximum absolute atomic E-state index is 12.1. The molecular weight excluding hydrogens is 993 g/mol. The first kappa shape index (κ1) is 62.4. The zero-order chi connectivity index (χ0) is 59.0. The van der Waals surface area contributed by atoms with Gasteiger partial charge in [-0.3, -0.25) is 38.4 Å². The summed E-state index contributed by atoms with van der Waals surface area (Å²) in [6.45, 7) is 11.2. The average molecular weight is 1070 g/mol. The highest BCUT2D eigenvalue weighted by Crippen LogP contribution is 2.31. The molecule has 0 aromatic heterocycles. The molecule has 0 atom stereocenters. The Labute approximate surface area is 465 Å². The summed E-state index contributed by atoms with van der Waals surface area (Å²) in [5, 5.41) is 0. The van der Waals surface area contributed by atoms with Crippen molar-refractivity contribution in [2.45, 2.75) is 55.4 Å². The fraction of sp³-hybridized carbons (Fsp3) is 0.242. The van der Waals surface area contributed by atoms with Gasteiger partial charge in [-0.2, -0.15) is 0 Å². The van der Waals surface area contributed by atoms with Crippen molar-refractivity contribution in [2.24, 2.45) is 0 Å². The number of carbonyl (C=O) groups excluding carboxylic acids is 8.